The molecular formula is C29H24FNO3. The van der Waals surface area contributed by atoms with Crippen LogP contribution in [0.1, 0.15) is 22.3 Å². The normalized spacial score (nSPS) is 12.0. The van der Waals surface area contributed by atoms with E-state index >= 15 is 0 Å². The number of hydrogen-bond acceptors (Lipinski definition) is 2. The van der Waals surface area contributed by atoms with Crippen molar-refractivity contribution in [1.82, 2.24) is 5.32 Å². The highest BCUT2D eigenvalue weighted by Gasteiger charge is 2.45. The maximum absolute atomic E-state index is 14.2. The molecule has 0 aliphatic carbocycles. The molecule has 170 valence electrons. The fourth-order valence-electron chi connectivity index (χ4n) is 4.32. The maximum Gasteiger partial charge on any atom is 0.326 e. The predicted molar refractivity (Wildman–Crippen MR) is 129 cm³/mol. The molecule has 0 heterocycles. The number of carboxylic acid groups (broad SMARTS) is 1. The van der Waals surface area contributed by atoms with Gasteiger partial charge < -0.3 is 10.4 Å². The van der Waals surface area contributed by atoms with Gasteiger partial charge in [0.05, 0.1) is 0 Å². The molecule has 2 N–H and O–H groups in total. The second-order valence-corrected chi connectivity index (χ2v) is 8.05. The Morgan fingerprint density at radius 1 is 0.735 bits per heavy atom. The van der Waals surface area contributed by atoms with Gasteiger partial charge in [-0.15, -0.1) is 0 Å². The molecule has 4 rings (SSSR count). The summed E-state index contributed by atoms with van der Waals surface area (Å²) in [5.41, 5.74) is 1.32. The number of aliphatic carboxylic acids is 1. The van der Waals surface area contributed by atoms with Gasteiger partial charge in [-0.2, -0.15) is 0 Å². The van der Waals surface area contributed by atoms with Crippen LogP contribution in [0.3, 0.4) is 0 Å². The number of carboxylic acids is 1. The Hall–Kier alpha value is -4.25. The van der Waals surface area contributed by atoms with Crippen LogP contribution in [0, 0.1) is 5.82 Å². The summed E-state index contributed by atoms with van der Waals surface area (Å²) in [6, 6.07) is 32.4. The molecule has 34 heavy (non-hydrogen) atoms. The third kappa shape index (κ3) is 4.59. The lowest BCUT2D eigenvalue weighted by Gasteiger charge is -2.35. The van der Waals surface area contributed by atoms with Crippen LogP contribution in [0.5, 0.6) is 0 Å². The van der Waals surface area contributed by atoms with Crippen molar-refractivity contribution >= 4 is 11.9 Å². The van der Waals surface area contributed by atoms with Crippen molar-refractivity contribution in [3.8, 4) is 0 Å². The van der Waals surface area contributed by atoms with Crippen molar-refractivity contribution in [3.05, 3.63) is 143 Å². The fourth-order valence-corrected chi connectivity index (χ4v) is 4.32. The molecule has 0 spiro atoms. The van der Waals surface area contributed by atoms with E-state index in [1.54, 1.807) is 6.07 Å². The number of carbonyl (C=O) groups excluding carboxylic acids is 1. The van der Waals surface area contributed by atoms with Crippen molar-refractivity contribution in [1.29, 1.82) is 0 Å². The van der Waals surface area contributed by atoms with Crippen molar-refractivity contribution < 1.29 is 19.1 Å². The summed E-state index contributed by atoms with van der Waals surface area (Å²) in [5, 5.41) is 12.7. The van der Waals surface area contributed by atoms with Gasteiger partial charge in [-0.25, -0.2) is 9.18 Å². The molecule has 0 aliphatic heterocycles. The van der Waals surface area contributed by atoms with Gasteiger partial charge in [-0.3, -0.25) is 4.79 Å². The summed E-state index contributed by atoms with van der Waals surface area (Å²) in [5.74, 6) is -2.12. The first-order valence-electron chi connectivity index (χ1n) is 11.0. The monoisotopic (exact) mass is 453 g/mol. The first-order chi connectivity index (χ1) is 16.5. The van der Waals surface area contributed by atoms with E-state index in [-0.39, 0.29) is 6.42 Å². The lowest BCUT2D eigenvalue weighted by Crippen LogP contribution is -2.52. The van der Waals surface area contributed by atoms with E-state index < -0.39 is 29.2 Å². The zero-order chi connectivity index (χ0) is 24.0. The number of halogens is 1. The molecule has 0 aliphatic rings. The first-order valence-corrected chi connectivity index (χ1v) is 11.0. The Bertz CT molecular complexity index is 1160. The van der Waals surface area contributed by atoms with Gasteiger partial charge in [-0.05, 0) is 34.4 Å². The average molecular weight is 454 g/mol. The van der Waals surface area contributed by atoms with Gasteiger partial charge in [0.1, 0.15) is 17.3 Å². The van der Waals surface area contributed by atoms with E-state index in [9.17, 15) is 19.1 Å². The van der Waals surface area contributed by atoms with E-state index in [1.165, 1.54) is 18.2 Å². The van der Waals surface area contributed by atoms with Crippen LogP contribution in [0.4, 0.5) is 4.39 Å². The lowest BCUT2D eigenvalue weighted by atomic mass is 9.68. The SMILES string of the molecule is O=C(O)[C@@H](Cc1cccc(F)c1)NC(=O)C(c1ccccc1)(c1ccccc1)c1ccccc1. The van der Waals surface area contributed by atoms with Gasteiger partial charge in [0.25, 0.3) is 0 Å². The zero-order valence-corrected chi connectivity index (χ0v) is 18.4. The second kappa shape index (κ2) is 10.1. The number of nitrogens with one attached hydrogen (secondary N) is 1. The minimum Gasteiger partial charge on any atom is -0.480 e. The molecular weight excluding hydrogens is 429 g/mol. The quantitative estimate of drug-likeness (QED) is 0.370. The van der Waals surface area contributed by atoms with Crippen LogP contribution in [-0.4, -0.2) is 23.0 Å². The van der Waals surface area contributed by atoms with E-state index in [0.717, 1.165) is 0 Å². The Labute approximate surface area is 197 Å². The van der Waals surface area contributed by atoms with E-state index in [4.69, 9.17) is 0 Å². The Balaban J connectivity index is 1.84. The average Bonchev–Trinajstić information content (AvgIpc) is 2.86. The molecule has 0 aromatic heterocycles. The number of hydrogen-bond donors (Lipinski definition) is 2. The summed E-state index contributed by atoms with van der Waals surface area (Å²) in [6.45, 7) is 0. The molecule has 0 bridgehead atoms. The first kappa shape index (κ1) is 22.9. The smallest absolute Gasteiger partial charge is 0.326 e. The molecule has 5 heteroatoms. The van der Waals surface area contributed by atoms with Gasteiger partial charge in [0.2, 0.25) is 5.91 Å². The molecule has 0 saturated carbocycles. The molecule has 0 fully saturated rings. The third-order valence-electron chi connectivity index (χ3n) is 5.89. The summed E-state index contributed by atoms with van der Waals surface area (Å²) < 4.78 is 13.7. The Morgan fingerprint density at radius 2 is 1.21 bits per heavy atom. The van der Waals surface area contributed by atoms with Crippen molar-refractivity contribution in [2.24, 2.45) is 0 Å². The molecule has 4 aromatic carbocycles. The molecule has 0 radical (unpaired) electrons. The van der Waals surface area contributed by atoms with E-state index in [0.29, 0.717) is 22.3 Å². The summed E-state index contributed by atoms with van der Waals surface area (Å²) in [4.78, 5) is 26.3. The molecule has 1 atom stereocenters. The topological polar surface area (TPSA) is 66.4 Å². The van der Waals surface area contributed by atoms with Gasteiger partial charge in [-0.1, -0.05) is 103 Å². The molecule has 0 saturated heterocycles. The van der Waals surface area contributed by atoms with Crippen molar-refractivity contribution in [2.75, 3.05) is 0 Å². The number of rotatable bonds is 8. The minimum atomic E-state index is -1.29. The van der Waals surface area contributed by atoms with Crippen LogP contribution < -0.4 is 5.32 Å². The van der Waals surface area contributed by atoms with Gasteiger partial charge in [0.15, 0.2) is 0 Å². The highest BCUT2D eigenvalue weighted by molar-refractivity contribution is 5.98. The Morgan fingerprint density at radius 3 is 1.62 bits per heavy atom. The van der Waals surface area contributed by atoms with Crippen LogP contribution >= 0.6 is 0 Å². The standard InChI is InChI=1S/C29H24FNO3/c30-25-18-10-11-21(19-25)20-26(27(32)33)31-28(34)29(22-12-4-1-5-13-22,23-14-6-2-7-15-23)24-16-8-3-9-17-24/h1-19,26H,20H2,(H,31,34)(H,32,33)/t26-/m1/s1. The maximum atomic E-state index is 14.2. The zero-order valence-electron chi connectivity index (χ0n) is 18.4. The number of amides is 1. The van der Waals surface area contributed by atoms with E-state index in [2.05, 4.69) is 5.32 Å². The molecule has 1 amide bonds. The van der Waals surface area contributed by atoms with Crippen LogP contribution in [0.2, 0.25) is 0 Å². The molecule has 4 nitrogen and oxygen atoms in total. The summed E-state index contributed by atoms with van der Waals surface area (Å²) in [7, 11) is 0. The largest absolute Gasteiger partial charge is 0.480 e. The van der Waals surface area contributed by atoms with Gasteiger partial charge >= 0.3 is 5.97 Å². The lowest BCUT2D eigenvalue weighted by molar-refractivity contribution is -0.142. The third-order valence-corrected chi connectivity index (χ3v) is 5.89. The second-order valence-electron chi connectivity index (χ2n) is 8.05. The molecule has 4 aromatic rings. The molecule has 0 unspecified atom stereocenters. The number of carbonyl (C=O) groups is 2. The predicted octanol–water partition coefficient (Wildman–Crippen LogP) is 4.97. The Kier molecular flexibility index (Phi) is 6.83. The summed E-state index contributed by atoms with van der Waals surface area (Å²) >= 11 is 0. The van der Waals surface area contributed by atoms with Crippen LogP contribution in [0.25, 0.3) is 0 Å². The van der Waals surface area contributed by atoms with Crippen molar-refractivity contribution in [2.45, 2.75) is 17.9 Å². The highest BCUT2D eigenvalue weighted by atomic mass is 19.1. The number of benzene rings is 4. The van der Waals surface area contributed by atoms with Crippen LogP contribution in [-0.2, 0) is 21.4 Å². The van der Waals surface area contributed by atoms with Crippen molar-refractivity contribution in [3.63, 3.8) is 0 Å². The van der Waals surface area contributed by atoms with Crippen LogP contribution in [0.15, 0.2) is 115 Å². The highest BCUT2D eigenvalue weighted by Crippen LogP contribution is 2.39. The van der Waals surface area contributed by atoms with Gasteiger partial charge in [0, 0.05) is 6.42 Å². The summed E-state index contributed by atoms with van der Waals surface area (Å²) in [6.07, 6.45) is -0.0483. The van der Waals surface area contributed by atoms with E-state index in [1.807, 2.05) is 91.0 Å². The minimum absolute atomic E-state index is 0.0483. The fraction of sp³-hybridized carbons (Fsp3) is 0.103.